The van der Waals surface area contributed by atoms with Gasteiger partial charge in [-0.1, -0.05) is 12.1 Å². The van der Waals surface area contributed by atoms with Gasteiger partial charge in [-0.25, -0.2) is 4.99 Å². The van der Waals surface area contributed by atoms with Crippen molar-refractivity contribution in [3.63, 3.8) is 0 Å². The molecule has 1 aliphatic rings. The van der Waals surface area contributed by atoms with Gasteiger partial charge in [-0.3, -0.25) is 0 Å². The third kappa shape index (κ3) is 6.35. The van der Waals surface area contributed by atoms with Crippen LogP contribution in [-0.2, 0) is 11.3 Å². The van der Waals surface area contributed by atoms with Gasteiger partial charge in [0.25, 0.3) is 0 Å². The molecule has 122 valence electrons. The van der Waals surface area contributed by atoms with E-state index in [-0.39, 0.29) is 0 Å². The van der Waals surface area contributed by atoms with Crippen LogP contribution in [-0.4, -0.2) is 39.4 Å². The molecule has 5 nitrogen and oxygen atoms in total. The predicted molar refractivity (Wildman–Crippen MR) is 89.4 cm³/mol. The smallest absolute Gasteiger partial charge is 0.191 e. The van der Waals surface area contributed by atoms with Crippen molar-refractivity contribution in [1.82, 2.24) is 10.6 Å². The second kappa shape index (κ2) is 9.30. The predicted octanol–water partition coefficient (Wildman–Crippen LogP) is 2.18. The van der Waals surface area contributed by atoms with Crippen LogP contribution < -0.4 is 15.4 Å². The minimum atomic E-state index is 0.621. The Morgan fingerprint density at radius 3 is 2.91 bits per heavy atom. The summed E-state index contributed by atoms with van der Waals surface area (Å²) in [5.41, 5.74) is 1.13. The normalized spacial score (nSPS) is 14.7. The van der Waals surface area contributed by atoms with E-state index in [4.69, 9.17) is 9.47 Å². The summed E-state index contributed by atoms with van der Waals surface area (Å²) in [6, 6.07) is 7.98. The molecule has 0 aromatic heterocycles. The topological polar surface area (TPSA) is 54.9 Å². The number of guanidine groups is 1. The van der Waals surface area contributed by atoms with Crippen molar-refractivity contribution in [2.75, 3.05) is 33.4 Å². The molecule has 2 rings (SSSR count). The van der Waals surface area contributed by atoms with Gasteiger partial charge in [-0.05, 0) is 43.4 Å². The molecule has 2 N–H and O–H groups in total. The molecule has 1 fully saturated rings. The zero-order valence-electron chi connectivity index (χ0n) is 13.6. The van der Waals surface area contributed by atoms with E-state index in [9.17, 15) is 0 Å². The summed E-state index contributed by atoms with van der Waals surface area (Å²) in [6.07, 6.45) is 2.66. The van der Waals surface area contributed by atoms with Gasteiger partial charge in [-0.2, -0.15) is 0 Å². The Hall–Kier alpha value is -1.75. The van der Waals surface area contributed by atoms with Gasteiger partial charge in [0.15, 0.2) is 5.96 Å². The molecule has 0 saturated heterocycles. The first-order valence-electron chi connectivity index (χ1n) is 8.04. The van der Waals surface area contributed by atoms with Crippen molar-refractivity contribution in [2.45, 2.75) is 26.3 Å². The van der Waals surface area contributed by atoms with Gasteiger partial charge < -0.3 is 20.1 Å². The molecular weight excluding hydrogens is 278 g/mol. The molecule has 1 aromatic rings. The molecule has 1 aromatic carbocycles. The number of aliphatic imine (C=N–C) groups is 1. The maximum atomic E-state index is 5.62. The van der Waals surface area contributed by atoms with Crippen molar-refractivity contribution >= 4 is 5.96 Å². The lowest BCUT2D eigenvalue weighted by molar-refractivity contribution is 0.129. The van der Waals surface area contributed by atoms with Crippen LogP contribution in [0, 0.1) is 5.92 Å². The maximum absolute atomic E-state index is 5.62. The van der Waals surface area contributed by atoms with Gasteiger partial charge in [0.05, 0.1) is 20.3 Å². The molecule has 1 aliphatic carbocycles. The van der Waals surface area contributed by atoms with Crippen LogP contribution in [0.25, 0.3) is 0 Å². The highest BCUT2D eigenvalue weighted by Crippen LogP contribution is 2.28. The van der Waals surface area contributed by atoms with E-state index in [0.717, 1.165) is 49.5 Å². The molecule has 0 aliphatic heterocycles. The fraction of sp³-hybridized carbons (Fsp3) is 0.588. The van der Waals surface area contributed by atoms with Gasteiger partial charge in [-0.15, -0.1) is 0 Å². The number of hydrogen-bond donors (Lipinski definition) is 2. The van der Waals surface area contributed by atoms with E-state index in [1.165, 1.54) is 12.8 Å². The Labute approximate surface area is 133 Å². The third-order valence-electron chi connectivity index (χ3n) is 3.49. The van der Waals surface area contributed by atoms with Crippen molar-refractivity contribution in [3.8, 4) is 5.75 Å². The van der Waals surface area contributed by atoms with E-state index in [1.807, 2.05) is 24.3 Å². The zero-order valence-corrected chi connectivity index (χ0v) is 13.6. The number of ether oxygens (including phenoxy) is 2. The number of rotatable bonds is 9. The summed E-state index contributed by atoms with van der Waals surface area (Å²) in [4.78, 5) is 4.59. The number of methoxy groups -OCH3 is 1. The summed E-state index contributed by atoms with van der Waals surface area (Å²) in [5, 5.41) is 6.54. The molecular formula is C17H27N3O2. The lowest BCUT2D eigenvalue weighted by atomic mass is 10.2. The summed E-state index contributed by atoms with van der Waals surface area (Å²) in [5.74, 6) is 2.49. The van der Waals surface area contributed by atoms with E-state index in [2.05, 4.69) is 22.5 Å². The molecule has 0 heterocycles. The minimum absolute atomic E-state index is 0.621. The summed E-state index contributed by atoms with van der Waals surface area (Å²) in [7, 11) is 1.68. The zero-order chi connectivity index (χ0) is 15.6. The third-order valence-corrected chi connectivity index (χ3v) is 3.49. The summed E-state index contributed by atoms with van der Waals surface area (Å²) >= 11 is 0. The maximum Gasteiger partial charge on any atom is 0.191 e. The van der Waals surface area contributed by atoms with Gasteiger partial charge in [0, 0.05) is 19.7 Å². The first kappa shape index (κ1) is 16.6. The Morgan fingerprint density at radius 1 is 1.32 bits per heavy atom. The Morgan fingerprint density at radius 2 is 2.18 bits per heavy atom. The second-order valence-corrected chi connectivity index (χ2v) is 5.49. The molecule has 0 spiro atoms. The average molecular weight is 305 g/mol. The van der Waals surface area contributed by atoms with Crippen molar-refractivity contribution in [3.05, 3.63) is 29.8 Å². The van der Waals surface area contributed by atoms with Crippen molar-refractivity contribution < 1.29 is 9.47 Å². The fourth-order valence-electron chi connectivity index (χ4n) is 2.06. The number of nitrogens with one attached hydrogen (secondary N) is 2. The van der Waals surface area contributed by atoms with Crippen molar-refractivity contribution in [2.24, 2.45) is 10.9 Å². The van der Waals surface area contributed by atoms with Gasteiger partial charge >= 0.3 is 0 Å². The molecule has 1 saturated carbocycles. The van der Waals surface area contributed by atoms with Crippen LogP contribution >= 0.6 is 0 Å². The summed E-state index contributed by atoms with van der Waals surface area (Å²) < 4.78 is 10.8. The van der Waals surface area contributed by atoms with Crippen LogP contribution in [0.4, 0.5) is 0 Å². The minimum Gasteiger partial charge on any atom is -0.497 e. The SMILES string of the molecule is CCNC(=NCc1cccc(OC)c1)NCCOCC1CC1. The first-order valence-corrected chi connectivity index (χ1v) is 8.04. The highest BCUT2D eigenvalue weighted by Gasteiger charge is 2.20. The quantitative estimate of drug-likeness (QED) is 0.417. The van der Waals surface area contributed by atoms with Crippen LogP contribution in [0.5, 0.6) is 5.75 Å². The summed E-state index contributed by atoms with van der Waals surface area (Å²) in [6.45, 7) is 5.92. The van der Waals surface area contributed by atoms with Crippen LogP contribution in [0.3, 0.4) is 0 Å². The lowest BCUT2D eigenvalue weighted by Crippen LogP contribution is -2.39. The largest absolute Gasteiger partial charge is 0.497 e. The Bertz CT molecular complexity index is 473. The van der Waals surface area contributed by atoms with E-state index >= 15 is 0 Å². The monoisotopic (exact) mass is 305 g/mol. The number of hydrogen-bond acceptors (Lipinski definition) is 3. The Kier molecular flexibility index (Phi) is 7.03. The van der Waals surface area contributed by atoms with Crippen LogP contribution in [0.15, 0.2) is 29.3 Å². The number of benzene rings is 1. The molecule has 0 unspecified atom stereocenters. The van der Waals surface area contributed by atoms with Gasteiger partial charge in [0.1, 0.15) is 5.75 Å². The first-order chi connectivity index (χ1) is 10.8. The fourth-order valence-corrected chi connectivity index (χ4v) is 2.06. The molecule has 0 radical (unpaired) electrons. The molecule has 5 heteroatoms. The van der Waals surface area contributed by atoms with Crippen LogP contribution in [0.2, 0.25) is 0 Å². The molecule has 22 heavy (non-hydrogen) atoms. The lowest BCUT2D eigenvalue weighted by Gasteiger charge is -2.11. The van der Waals surface area contributed by atoms with Crippen molar-refractivity contribution in [1.29, 1.82) is 0 Å². The molecule has 0 bridgehead atoms. The average Bonchev–Trinajstić information content (AvgIpc) is 3.36. The van der Waals surface area contributed by atoms with E-state index < -0.39 is 0 Å². The van der Waals surface area contributed by atoms with Crippen LogP contribution in [0.1, 0.15) is 25.3 Å². The van der Waals surface area contributed by atoms with Gasteiger partial charge in [0.2, 0.25) is 0 Å². The van der Waals surface area contributed by atoms with E-state index in [0.29, 0.717) is 6.54 Å². The highest BCUT2D eigenvalue weighted by atomic mass is 16.5. The molecule has 0 atom stereocenters. The molecule has 0 amide bonds. The van der Waals surface area contributed by atoms with E-state index in [1.54, 1.807) is 7.11 Å². The standard InChI is InChI=1S/C17H27N3O2/c1-3-18-17(19-9-10-22-13-14-7-8-14)20-12-15-5-4-6-16(11-15)21-2/h4-6,11,14H,3,7-10,12-13H2,1-2H3,(H2,18,19,20). The Balaban J connectivity index is 1.74. The highest BCUT2D eigenvalue weighted by molar-refractivity contribution is 5.79. The number of nitrogens with zero attached hydrogens (tertiary/aromatic N) is 1. The second-order valence-electron chi connectivity index (χ2n) is 5.49.